The zero-order valence-electron chi connectivity index (χ0n) is 48.7. The molecule has 0 aromatic carbocycles. The first-order valence-electron chi connectivity index (χ1n) is 31.5. The van der Waals surface area contributed by atoms with Crippen LogP contribution in [0.5, 0.6) is 0 Å². The van der Waals surface area contributed by atoms with Crippen molar-refractivity contribution in [3.05, 3.63) is 97.2 Å². The quantitative estimate of drug-likeness (QED) is 0.0261. The topological polar surface area (TPSA) is 149 Å². The SMILES string of the molecule is CC/C=C\C/C=C\C/C=C\C/C=C\C/C=C\C/C=C\C/C=C\CCCCCCCCCC(=O)NC(COC1OC(CO)C(O)C(O)C1O)C(O)/C=C/CCCCCCCCCCCCCCCCCCCCCCCC. The third-order valence-corrected chi connectivity index (χ3v) is 14.4. The van der Waals surface area contributed by atoms with Crippen molar-refractivity contribution in [3.8, 4) is 0 Å². The van der Waals surface area contributed by atoms with Crippen molar-refractivity contribution >= 4 is 5.91 Å². The van der Waals surface area contributed by atoms with E-state index in [1.165, 1.54) is 148 Å². The molecule has 7 atom stereocenters. The maximum absolute atomic E-state index is 13.1. The molecule has 1 saturated heterocycles. The van der Waals surface area contributed by atoms with Crippen molar-refractivity contribution in [2.75, 3.05) is 13.2 Å². The van der Waals surface area contributed by atoms with E-state index in [4.69, 9.17) is 9.47 Å². The zero-order valence-corrected chi connectivity index (χ0v) is 48.7. The highest BCUT2D eigenvalue weighted by Gasteiger charge is 2.44. The molecule has 0 radical (unpaired) electrons. The third kappa shape index (κ3) is 44.0. The Balaban J connectivity index is 2.22. The standard InChI is InChI=1S/C67H117NO8/c1-3-5-7-9-11-13-15-17-19-21-23-25-27-29-30-31-32-33-35-37-39-41-43-45-47-49-51-53-55-57-63(71)68-60(59-75-67-66(74)65(73)64(72)62(58-69)76-67)61(70)56-54-52-50-48-46-44-42-40-38-36-34-28-26-24-22-20-18-16-14-12-10-8-6-4-2/h5,7,11,13,17,19,23,25,29-30,32-33,37,39,54,56,60-62,64-67,69-70,72-74H,3-4,6,8-10,12,14-16,18,20-22,24,26-28,31,34-36,38,40-53,55,57-59H2,1-2H3,(H,68,71)/b7-5-,13-11-,19-17-,25-23-,30-29-,33-32-,39-37-,56-54+. The van der Waals surface area contributed by atoms with Gasteiger partial charge in [-0.1, -0.05) is 278 Å². The van der Waals surface area contributed by atoms with Crippen LogP contribution in [0, 0.1) is 0 Å². The summed E-state index contributed by atoms with van der Waals surface area (Å²) in [5, 5.41) is 54.6. The van der Waals surface area contributed by atoms with E-state index in [1.807, 2.05) is 6.08 Å². The zero-order chi connectivity index (χ0) is 55.0. The third-order valence-electron chi connectivity index (χ3n) is 14.4. The number of ether oxygens (including phenoxy) is 2. The van der Waals surface area contributed by atoms with Crippen LogP contribution in [-0.2, 0) is 14.3 Å². The Morgan fingerprint density at radius 3 is 1.21 bits per heavy atom. The number of unbranched alkanes of at least 4 members (excludes halogenated alkanes) is 29. The van der Waals surface area contributed by atoms with Crippen LogP contribution in [0.15, 0.2) is 97.2 Å². The first-order chi connectivity index (χ1) is 37.3. The van der Waals surface area contributed by atoms with Gasteiger partial charge in [0.15, 0.2) is 6.29 Å². The molecule has 76 heavy (non-hydrogen) atoms. The van der Waals surface area contributed by atoms with E-state index >= 15 is 0 Å². The van der Waals surface area contributed by atoms with E-state index in [9.17, 15) is 30.3 Å². The number of hydrogen-bond donors (Lipinski definition) is 6. The summed E-state index contributed by atoms with van der Waals surface area (Å²) < 4.78 is 11.3. The molecular weight excluding hydrogens is 947 g/mol. The number of hydrogen-bond acceptors (Lipinski definition) is 8. The average Bonchev–Trinajstić information content (AvgIpc) is 3.42. The first-order valence-corrected chi connectivity index (χ1v) is 31.5. The summed E-state index contributed by atoms with van der Waals surface area (Å²) in [6.45, 7) is 3.68. The van der Waals surface area contributed by atoms with Crippen LogP contribution in [0.2, 0.25) is 0 Å². The predicted molar refractivity (Wildman–Crippen MR) is 322 cm³/mol. The van der Waals surface area contributed by atoms with Crippen LogP contribution < -0.4 is 5.32 Å². The van der Waals surface area contributed by atoms with Gasteiger partial charge in [-0.15, -0.1) is 0 Å². The minimum Gasteiger partial charge on any atom is -0.394 e. The summed E-state index contributed by atoms with van der Waals surface area (Å²) in [4.78, 5) is 13.1. The summed E-state index contributed by atoms with van der Waals surface area (Å²) in [6.07, 6.45) is 73.3. The van der Waals surface area contributed by atoms with Gasteiger partial charge in [-0.3, -0.25) is 4.79 Å². The maximum atomic E-state index is 13.1. The van der Waals surface area contributed by atoms with Gasteiger partial charge in [0.1, 0.15) is 24.4 Å². The minimum atomic E-state index is -1.58. The number of amides is 1. The van der Waals surface area contributed by atoms with Crippen LogP contribution >= 0.6 is 0 Å². The first kappa shape index (κ1) is 71.1. The molecule has 1 aliphatic rings. The van der Waals surface area contributed by atoms with Gasteiger partial charge in [-0.2, -0.15) is 0 Å². The van der Waals surface area contributed by atoms with Gasteiger partial charge in [0.2, 0.25) is 5.91 Å². The summed E-state index contributed by atoms with van der Waals surface area (Å²) in [5.41, 5.74) is 0. The number of carbonyl (C=O) groups is 1. The Morgan fingerprint density at radius 1 is 0.461 bits per heavy atom. The Bertz CT molecular complexity index is 1510. The van der Waals surface area contributed by atoms with Crippen LogP contribution in [0.3, 0.4) is 0 Å². The second-order valence-electron chi connectivity index (χ2n) is 21.5. The Hall–Kier alpha value is -2.89. The Kier molecular flexibility index (Phi) is 51.9. The summed E-state index contributed by atoms with van der Waals surface area (Å²) in [7, 11) is 0. The molecular formula is C67H117NO8. The van der Waals surface area contributed by atoms with Crippen LogP contribution in [-0.4, -0.2) is 87.5 Å². The lowest BCUT2D eigenvalue weighted by molar-refractivity contribution is -0.302. The fourth-order valence-electron chi connectivity index (χ4n) is 9.49. The second-order valence-corrected chi connectivity index (χ2v) is 21.5. The highest BCUT2D eigenvalue weighted by atomic mass is 16.7. The lowest BCUT2D eigenvalue weighted by Gasteiger charge is -2.40. The van der Waals surface area contributed by atoms with Crippen molar-refractivity contribution in [2.24, 2.45) is 0 Å². The molecule has 9 heteroatoms. The van der Waals surface area contributed by atoms with Crippen LogP contribution in [0.4, 0.5) is 0 Å². The molecule has 1 fully saturated rings. The van der Waals surface area contributed by atoms with Gasteiger partial charge in [0, 0.05) is 6.42 Å². The smallest absolute Gasteiger partial charge is 0.220 e. The van der Waals surface area contributed by atoms with E-state index in [-0.39, 0.29) is 12.5 Å². The molecule has 9 nitrogen and oxygen atoms in total. The second kappa shape index (κ2) is 55.4. The van der Waals surface area contributed by atoms with Crippen molar-refractivity contribution in [1.82, 2.24) is 5.32 Å². The van der Waals surface area contributed by atoms with E-state index in [0.29, 0.717) is 6.42 Å². The van der Waals surface area contributed by atoms with Gasteiger partial charge in [0.05, 0.1) is 25.4 Å². The largest absolute Gasteiger partial charge is 0.394 e. The fraction of sp³-hybridized carbons (Fsp3) is 0.746. The van der Waals surface area contributed by atoms with Crippen molar-refractivity contribution in [1.29, 1.82) is 0 Å². The summed E-state index contributed by atoms with van der Waals surface area (Å²) in [5.74, 6) is -0.190. The molecule has 1 heterocycles. The molecule has 0 spiro atoms. The molecule has 0 aromatic rings. The number of nitrogens with one attached hydrogen (secondary N) is 1. The van der Waals surface area contributed by atoms with E-state index in [1.54, 1.807) is 6.08 Å². The molecule has 1 aliphatic heterocycles. The van der Waals surface area contributed by atoms with Crippen molar-refractivity contribution in [3.63, 3.8) is 0 Å². The lowest BCUT2D eigenvalue weighted by atomic mass is 9.99. The van der Waals surface area contributed by atoms with E-state index < -0.39 is 49.5 Å². The normalized spacial score (nSPS) is 19.5. The molecule has 6 N–H and O–H groups in total. The number of aliphatic hydroxyl groups is 5. The Morgan fingerprint density at radius 2 is 0.816 bits per heavy atom. The summed E-state index contributed by atoms with van der Waals surface area (Å²) >= 11 is 0. The van der Waals surface area contributed by atoms with Crippen molar-refractivity contribution in [2.45, 2.75) is 307 Å². The van der Waals surface area contributed by atoms with Gasteiger partial charge in [0.25, 0.3) is 0 Å². The van der Waals surface area contributed by atoms with E-state index in [2.05, 4.69) is 104 Å². The predicted octanol–water partition coefficient (Wildman–Crippen LogP) is 16.4. The molecule has 0 bridgehead atoms. The van der Waals surface area contributed by atoms with Gasteiger partial charge in [-0.05, 0) is 77.0 Å². The highest BCUT2D eigenvalue weighted by Crippen LogP contribution is 2.23. The fourth-order valence-corrected chi connectivity index (χ4v) is 9.49. The van der Waals surface area contributed by atoms with Crippen LogP contribution in [0.1, 0.15) is 264 Å². The van der Waals surface area contributed by atoms with E-state index in [0.717, 1.165) is 96.3 Å². The number of aliphatic hydroxyl groups excluding tert-OH is 5. The average molecular weight is 1060 g/mol. The van der Waals surface area contributed by atoms with Crippen molar-refractivity contribution < 1.29 is 39.8 Å². The molecule has 0 aromatic heterocycles. The summed E-state index contributed by atoms with van der Waals surface area (Å²) in [6, 6.07) is -0.819. The minimum absolute atomic E-state index is 0.190. The molecule has 7 unspecified atom stereocenters. The molecule has 438 valence electrons. The molecule has 1 rings (SSSR count). The number of carbonyl (C=O) groups excluding carboxylic acids is 1. The van der Waals surface area contributed by atoms with Gasteiger partial charge >= 0.3 is 0 Å². The van der Waals surface area contributed by atoms with Gasteiger partial charge < -0.3 is 40.3 Å². The number of rotatable bonds is 53. The van der Waals surface area contributed by atoms with Crippen LogP contribution in [0.25, 0.3) is 0 Å². The highest BCUT2D eigenvalue weighted by molar-refractivity contribution is 5.76. The van der Waals surface area contributed by atoms with Gasteiger partial charge in [-0.25, -0.2) is 0 Å². The monoisotopic (exact) mass is 1060 g/mol. The number of allylic oxidation sites excluding steroid dienone is 15. The molecule has 0 aliphatic carbocycles. The Labute approximate surface area is 466 Å². The lowest BCUT2D eigenvalue weighted by Crippen LogP contribution is -2.60. The molecule has 0 saturated carbocycles. The molecule has 1 amide bonds. The maximum Gasteiger partial charge on any atom is 0.220 e.